The molecule has 0 atom stereocenters. The van der Waals surface area contributed by atoms with Gasteiger partial charge < -0.3 is 4.74 Å². The molecule has 1 rings (SSSR count). The second-order valence-corrected chi connectivity index (χ2v) is 3.65. The molecule has 0 saturated heterocycles. The van der Waals surface area contributed by atoms with E-state index in [4.69, 9.17) is 27.9 Å². The molecule has 0 saturated carbocycles. The zero-order valence-corrected chi connectivity index (χ0v) is 9.53. The van der Waals surface area contributed by atoms with E-state index in [1.165, 1.54) is 12.3 Å². The minimum atomic E-state index is -4.25. The molecule has 2 nitrogen and oxygen atoms in total. The number of nitrogens with zero attached hydrogens (tertiary/aromatic N) is 1. The van der Waals surface area contributed by atoms with Gasteiger partial charge >= 0.3 is 6.18 Å². The van der Waals surface area contributed by atoms with E-state index in [1.807, 2.05) is 0 Å². The molecule has 0 bridgehead atoms. The van der Waals surface area contributed by atoms with Crippen LogP contribution in [-0.4, -0.2) is 17.8 Å². The van der Waals surface area contributed by atoms with Gasteiger partial charge in [-0.15, -0.1) is 11.6 Å². The standard InChI is InChI=1S/C9H8Cl2F3NO/c10-4-6-3-7(11)8(15-5-6)16-2-1-9(12,13)14/h3,5H,1-2,4H2. The molecule has 16 heavy (non-hydrogen) atoms. The molecule has 0 fully saturated rings. The lowest BCUT2D eigenvalue weighted by Gasteiger charge is -2.09. The van der Waals surface area contributed by atoms with E-state index in [0.717, 1.165) is 0 Å². The van der Waals surface area contributed by atoms with E-state index in [0.29, 0.717) is 5.56 Å². The zero-order valence-electron chi connectivity index (χ0n) is 8.02. The van der Waals surface area contributed by atoms with Crippen molar-refractivity contribution in [1.29, 1.82) is 0 Å². The van der Waals surface area contributed by atoms with Crippen LogP contribution in [0.5, 0.6) is 5.88 Å². The highest BCUT2D eigenvalue weighted by Gasteiger charge is 2.27. The number of hydrogen-bond acceptors (Lipinski definition) is 2. The Balaban J connectivity index is 2.55. The van der Waals surface area contributed by atoms with Gasteiger partial charge in [0.1, 0.15) is 5.02 Å². The van der Waals surface area contributed by atoms with Crippen LogP contribution >= 0.6 is 23.2 Å². The first kappa shape index (κ1) is 13.4. The van der Waals surface area contributed by atoms with Crippen LogP contribution in [0, 0.1) is 0 Å². The molecular formula is C9H8Cl2F3NO. The lowest BCUT2D eigenvalue weighted by molar-refractivity contribution is -0.139. The van der Waals surface area contributed by atoms with Crippen molar-refractivity contribution in [2.75, 3.05) is 6.61 Å². The van der Waals surface area contributed by atoms with Crippen molar-refractivity contribution in [1.82, 2.24) is 4.98 Å². The molecule has 1 heterocycles. The van der Waals surface area contributed by atoms with Crippen LogP contribution in [0.1, 0.15) is 12.0 Å². The molecule has 0 radical (unpaired) electrons. The van der Waals surface area contributed by atoms with Crippen molar-refractivity contribution in [3.63, 3.8) is 0 Å². The van der Waals surface area contributed by atoms with Crippen molar-refractivity contribution < 1.29 is 17.9 Å². The minimum absolute atomic E-state index is 0.0141. The Morgan fingerprint density at radius 2 is 2.06 bits per heavy atom. The third-order valence-electron chi connectivity index (χ3n) is 1.64. The fourth-order valence-electron chi connectivity index (χ4n) is 0.908. The fraction of sp³-hybridized carbons (Fsp3) is 0.444. The number of pyridine rings is 1. The summed E-state index contributed by atoms with van der Waals surface area (Å²) in [5.41, 5.74) is 0.676. The largest absolute Gasteiger partial charge is 0.476 e. The summed E-state index contributed by atoms with van der Waals surface area (Å²) in [6.07, 6.45) is -3.88. The molecule has 1 aromatic heterocycles. The summed E-state index contributed by atoms with van der Waals surface area (Å²) >= 11 is 11.3. The van der Waals surface area contributed by atoms with Gasteiger partial charge in [-0.05, 0) is 11.6 Å². The van der Waals surface area contributed by atoms with Gasteiger partial charge in [0.25, 0.3) is 0 Å². The monoisotopic (exact) mass is 273 g/mol. The zero-order chi connectivity index (χ0) is 12.2. The molecule has 0 N–H and O–H groups in total. The van der Waals surface area contributed by atoms with Gasteiger partial charge in [0.05, 0.1) is 13.0 Å². The Kier molecular flexibility index (Phi) is 4.68. The molecule has 0 amide bonds. The van der Waals surface area contributed by atoms with Crippen LogP contribution in [-0.2, 0) is 5.88 Å². The van der Waals surface area contributed by atoms with Gasteiger partial charge in [0.2, 0.25) is 5.88 Å². The van der Waals surface area contributed by atoms with Crippen molar-refractivity contribution in [3.05, 3.63) is 22.8 Å². The van der Waals surface area contributed by atoms with Crippen molar-refractivity contribution >= 4 is 23.2 Å². The molecule has 7 heteroatoms. The van der Waals surface area contributed by atoms with Crippen LogP contribution in [0.25, 0.3) is 0 Å². The highest BCUT2D eigenvalue weighted by molar-refractivity contribution is 6.32. The SMILES string of the molecule is FC(F)(F)CCOc1ncc(CCl)cc1Cl. The third kappa shape index (κ3) is 4.45. The summed E-state index contributed by atoms with van der Waals surface area (Å²) in [6, 6.07) is 1.50. The van der Waals surface area contributed by atoms with Crippen LogP contribution in [0.3, 0.4) is 0 Å². The third-order valence-corrected chi connectivity index (χ3v) is 2.22. The number of hydrogen-bond donors (Lipinski definition) is 0. The average Bonchev–Trinajstić information content (AvgIpc) is 2.18. The average molecular weight is 274 g/mol. The molecular weight excluding hydrogens is 266 g/mol. The van der Waals surface area contributed by atoms with Crippen LogP contribution in [0.15, 0.2) is 12.3 Å². The number of halogens is 5. The Morgan fingerprint density at radius 3 is 2.56 bits per heavy atom. The van der Waals surface area contributed by atoms with E-state index in [9.17, 15) is 13.2 Å². The quantitative estimate of drug-likeness (QED) is 0.779. The van der Waals surface area contributed by atoms with Gasteiger partial charge in [0, 0.05) is 12.1 Å². The summed E-state index contributed by atoms with van der Waals surface area (Å²) in [7, 11) is 0. The smallest absolute Gasteiger partial charge is 0.392 e. The number of alkyl halides is 4. The second-order valence-electron chi connectivity index (χ2n) is 2.98. The molecule has 90 valence electrons. The first-order chi connectivity index (χ1) is 7.42. The van der Waals surface area contributed by atoms with E-state index in [1.54, 1.807) is 0 Å². The highest BCUT2D eigenvalue weighted by atomic mass is 35.5. The number of aromatic nitrogens is 1. The van der Waals surface area contributed by atoms with Crippen LogP contribution in [0.4, 0.5) is 13.2 Å². The summed E-state index contributed by atoms with van der Waals surface area (Å²) in [5, 5.41) is 0.153. The van der Waals surface area contributed by atoms with Gasteiger partial charge in [0.15, 0.2) is 0 Å². The van der Waals surface area contributed by atoms with E-state index >= 15 is 0 Å². The topological polar surface area (TPSA) is 22.1 Å². The lowest BCUT2D eigenvalue weighted by atomic mass is 10.3. The Morgan fingerprint density at radius 1 is 1.38 bits per heavy atom. The predicted molar refractivity (Wildman–Crippen MR) is 55.0 cm³/mol. The van der Waals surface area contributed by atoms with Crippen molar-refractivity contribution in [3.8, 4) is 5.88 Å². The number of ether oxygens (including phenoxy) is 1. The minimum Gasteiger partial charge on any atom is -0.476 e. The molecule has 0 aromatic carbocycles. The highest BCUT2D eigenvalue weighted by Crippen LogP contribution is 2.25. The Labute approximate surface area is 100 Å². The van der Waals surface area contributed by atoms with Gasteiger partial charge in [-0.2, -0.15) is 13.2 Å². The van der Waals surface area contributed by atoms with Crippen LogP contribution in [0.2, 0.25) is 5.02 Å². The number of rotatable bonds is 4. The van der Waals surface area contributed by atoms with E-state index in [-0.39, 0.29) is 16.8 Å². The molecule has 0 aliphatic rings. The van der Waals surface area contributed by atoms with Gasteiger partial charge in [-0.25, -0.2) is 4.98 Å². The summed E-state index contributed by atoms with van der Waals surface area (Å²) in [4.78, 5) is 3.76. The maximum atomic E-state index is 11.8. The Hall–Kier alpha value is -0.680. The van der Waals surface area contributed by atoms with E-state index in [2.05, 4.69) is 4.98 Å². The first-order valence-electron chi connectivity index (χ1n) is 4.32. The maximum absolute atomic E-state index is 11.8. The predicted octanol–water partition coefficient (Wildman–Crippen LogP) is 3.81. The first-order valence-corrected chi connectivity index (χ1v) is 5.23. The van der Waals surface area contributed by atoms with E-state index < -0.39 is 19.2 Å². The molecule has 0 unspecified atom stereocenters. The Bertz CT molecular complexity index is 357. The maximum Gasteiger partial charge on any atom is 0.392 e. The molecule has 0 aliphatic carbocycles. The molecule has 1 aromatic rings. The van der Waals surface area contributed by atoms with Crippen molar-refractivity contribution in [2.24, 2.45) is 0 Å². The van der Waals surface area contributed by atoms with Gasteiger partial charge in [-0.3, -0.25) is 0 Å². The summed E-state index contributed by atoms with van der Waals surface area (Å²) in [6.45, 7) is -0.504. The lowest BCUT2D eigenvalue weighted by Crippen LogP contribution is -2.13. The normalized spacial score (nSPS) is 11.6. The summed E-state index contributed by atoms with van der Waals surface area (Å²) in [5.74, 6) is 0.218. The second kappa shape index (κ2) is 5.59. The fourth-order valence-corrected chi connectivity index (χ4v) is 1.30. The van der Waals surface area contributed by atoms with Gasteiger partial charge in [-0.1, -0.05) is 11.6 Å². The summed E-state index contributed by atoms with van der Waals surface area (Å²) < 4.78 is 40.3. The molecule has 0 spiro atoms. The van der Waals surface area contributed by atoms with Crippen LogP contribution < -0.4 is 4.74 Å². The molecule has 0 aliphatic heterocycles. The van der Waals surface area contributed by atoms with Crippen molar-refractivity contribution in [2.45, 2.75) is 18.5 Å².